The molecule has 28 heavy (non-hydrogen) atoms. The van der Waals surface area contributed by atoms with Gasteiger partial charge in [0.1, 0.15) is 23.2 Å². The number of rotatable bonds is 4. The van der Waals surface area contributed by atoms with Gasteiger partial charge in [-0.15, -0.1) is 0 Å². The molecule has 5 nitrogen and oxygen atoms in total. The van der Waals surface area contributed by atoms with E-state index in [1.165, 1.54) is 10.5 Å². The van der Waals surface area contributed by atoms with Crippen LogP contribution in [0.25, 0.3) is 0 Å². The summed E-state index contributed by atoms with van der Waals surface area (Å²) < 4.78 is 5.48. The Morgan fingerprint density at radius 1 is 1.21 bits per heavy atom. The zero-order valence-electron chi connectivity index (χ0n) is 15.7. The molecule has 1 saturated heterocycles. The van der Waals surface area contributed by atoms with E-state index in [-0.39, 0.29) is 11.8 Å². The van der Waals surface area contributed by atoms with E-state index in [1.54, 1.807) is 23.8 Å². The summed E-state index contributed by atoms with van der Waals surface area (Å²) >= 11 is 1.61. The molecule has 2 heterocycles. The van der Waals surface area contributed by atoms with Crippen molar-refractivity contribution >= 4 is 17.7 Å². The molecular weight excluding hydrogens is 370 g/mol. The van der Waals surface area contributed by atoms with Crippen LogP contribution in [0.5, 0.6) is 5.75 Å². The Hall–Kier alpha value is -2.75. The number of nitrogens with zero attached hydrogens (tertiary/aromatic N) is 2. The Bertz CT molecular complexity index is 952. The molecule has 0 spiro atoms. The number of ether oxygens (including phenoxy) is 1. The summed E-state index contributed by atoms with van der Waals surface area (Å²) in [6.07, 6.45) is 0.298. The van der Waals surface area contributed by atoms with Crippen LogP contribution < -0.4 is 9.64 Å². The smallest absolute Gasteiger partial charge is 0.232 e. The van der Waals surface area contributed by atoms with E-state index in [9.17, 15) is 10.1 Å². The Labute approximate surface area is 169 Å². The van der Waals surface area contributed by atoms with Crippen molar-refractivity contribution < 1.29 is 14.4 Å². The van der Waals surface area contributed by atoms with Gasteiger partial charge in [-0.2, -0.15) is 5.26 Å². The SMILES string of the molecule is COc1ccccc1[C@H]1CC(=O)N2C[NH+](Cc3ccccc3)CSC2=C1C#N. The number of benzene rings is 2. The van der Waals surface area contributed by atoms with Crippen molar-refractivity contribution in [3.8, 4) is 11.8 Å². The lowest BCUT2D eigenvalue weighted by Gasteiger charge is -2.39. The zero-order valence-corrected chi connectivity index (χ0v) is 16.5. The van der Waals surface area contributed by atoms with Crippen molar-refractivity contribution in [2.45, 2.75) is 18.9 Å². The highest BCUT2D eigenvalue weighted by atomic mass is 32.2. The Balaban J connectivity index is 1.62. The van der Waals surface area contributed by atoms with Crippen LogP contribution in [0, 0.1) is 11.3 Å². The number of carbonyl (C=O) groups is 1. The molecule has 0 radical (unpaired) electrons. The summed E-state index contributed by atoms with van der Waals surface area (Å²) in [5, 5.41) is 10.7. The number of fused-ring (bicyclic) bond motifs is 1. The summed E-state index contributed by atoms with van der Waals surface area (Å²) in [4.78, 5) is 16.1. The second kappa shape index (κ2) is 8.09. The second-order valence-corrected chi connectivity index (χ2v) is 7.97. The number of amides is 1. The molecule has 1 unspecified atom stereocenters. The Kier molecular flexibility index (Phi) is 5.38. The number of hydrogen-bond donors (Lipinski definition) is 1. The zero-order chi connectivity index (χ0) is 19.5. The molecule has 0 bridgehead atoms. The summed E-state index contributed by atoms with van der Waals surface area (Å²) in [6.45, 7) is 1.46. The molecule has 6 heteroatoms. The van der Waals surface area contributed by atoms with Gasteiger partial charge in [0.05, 0.1) is 18.8 Å². The van der Waals surface area contributed by atoms with Gasteiger partial charge in [0.25, 0.3) is 0 Å². The van der Waals surface area contributed by atoms with Crippen LogP contribution in [0.4, 0.5) is 0 Å². The second-order valence-electron chi connectivity index (χ2n) is 7.01. The highest BCUT2D eigenvalue weighted by molar-refractivity contribution is 8.02. The maximum absolute atomic E-state index is 13.0. The van der Waals surface area contributed by atoms with E-state index in [0.717, 1.165) is 28.8 Å². The molecule has 1 amide bonds. The van der Waals surface area contributed by atoms with Crippen LogP contribution in [0.3, 0.4) is 0 Å². The first-order valence-corrected chi connectivity index (χ1v) is 10.3. The number of thioether (sulfide) groups is 1. The summed E-state index contributed by atoms with van der Waals surface area (Å²) in [5.41, 5.74) is 2.83. The predicted molar refractivity (Wildman–Crippen MR) is 108 cm³/mol. The van der Waals surface area contributed by atoms with Crippen molar-refractivity contribution in [1.82, 2.24) is 4.90 Å². The van der Waals surface area contributed by atoms with Crippen molar-refractivity contribution in [2.75, 3.05) is 19.7 Å². The lowest BCUT2D eigenvalue weighted by molar-refractivity contribution is -0.910. The van der Waals surface area contributed by atoms with Crippen LogP contribution in [0.1, 0.15) is 23.5 Å². The predicted octanol–water partition coefficient (Wildman–Crippen LogP) is 2.49. The van der Waals surface area contributed by atoms with E-state index in [1.807, 2.05) is 42.5 Å². The van der Waals surface area contributed by atoms with Crippen molar-refractivity contribution in [1.29, 1.82) is 5.26 Å². The number of quaternary nitrogens is 1. The number of nitrogens with one attached hydrogen (secondary N) is 1. The first-order valence-electron chi connectivity index (χ1n) is 9.29. The molecule has 0 aromatic heterocycles. The minimum atomic E-state index is -0.247. The average molecular weight is 393 g/mol. The number of allylic oxidation sites excluding steroid dienone is 1. The Morgan fingerprint density at radius 2 is 1.96 bits per heavy atom. The lowest BCUT2D eigenvalue weighted by Crippen LogP contribution is -3.12. The third kappa shape index (κ3) is 3.51. The van der Waals surface area contributed by atoms with Crippen LogP contribution >= 0.6 is 11.8 Å². The molecule has 1 N–H and O–H groups in total. The molecule has 4 rings (SSSR count). The van der Waals surface area contributed by atoms with E-state index >= 15 is 0 Å². The van der Waals surface area contributed by atoms with Gasteiger partial charge in [0, 0.05) is 23.5 Å². The summed E-state index contributed by atoms with van der Waals surface area (Å²) in [6, 6.07) is 20.3. The average Bonchev–Trinajstić information content (AvgIpc) is 2.74. The number of para-hydroxylation sites is 1. The minimum Gasteiger partial charge on any atom is -0.496 e. The monoisotopic (exact) mass is 392 g/mol. The highest BCUT2D eigenvalue weighted by Crippen LogP contribution is 2.43. The van der Waals surface area contributed by atoms with Gasteiger partial charge in [0.15, 0.2) is 6.67 Å². The van der Waals surface area contributed by atoms with Gasteiger partial charge in [-0.25, -0.2) is 0 Å². The fraction of sp³-hybridized carbons (Fsp3) is 0.273. The maximum atomic E-state index is 13.0. The van der Waals surface area contributed by atoms with Gasteiger partial charge in [-0.05, 0) is 17.8 Å². The van der Waals surface area contributed by atoms with Gasteiger partial charge >= 0.3 is 0 Å². The van der Waals surface area contributed by atoms with Crippen LogP contribution in [-0.2, 0) is 11.3 Å². The molecule has 0 aliphatic carbocycles. The van der Waals surface area contributed by atoms with Crippen LogP contribution in [0.15, 0.2) is 65.2 Å². The topological polar surface area (TPSA) is 57.8 Å². The van der Waals surface area contributed by atoms with Crippen LogP contribution in [0.2, 0.25) is 0 Å². The number of methoxy groups -OCH3 is 1. The van der Waals surface area contributed by atoms with Gasteiger partial charge in [-0.3, -0.25) is 9.69 Å². The fourth-order valence-corrected chi connectivity index (χ4v) is 5.09. The molecule has 142 valence electrons. The number of hydrogen-bond acceptors (Lipinski definition) is 4. The summed E-state index contributed by atoms with van der Waals surface area (Å²) in [5.74, 6) is 1.38. The van der Waals surface area contributed by atoms with E-state index < -0.39 is 0 Å². The molecule has 2 aromatic rings. The van der Waals surface area contributed by atoms with Crippen molar-refractivity contribution in [3.63, 3.8) is 0 Å². The maximum Gasteiger partial charge on any atom is 0.232 e. The Morgan fingerprint density at radius 3 is 2.71 bits per heavy atom. The molecule has 2 atom stereocenters. The normalized spacial score (nSPS) is 21.9. The molecule has 0 saturated carbocycles. The largest absolute Gasteiger partial charge is 0.496 e. The molecular formula is C22H22N3O2S+. The van der Waals surface area contributed by atoms with E-state index in [2.05, 4.69) is 18.2 Å². The minimum absolute atomic E-state index is 0.0719. The quantitative estimate of drug-likeness (QED) is 0.869. The van der Waals surface area contributed by atoms with Gasteiger partial charge in [0.2, 0.25) is 5.91 Å². The fourth-order valence-electron chi connectivity index (χ4n) is 3.89. The number of nitriles is 1. The summed E-state index contributed by atoms with van der Waals surface area (Å²) in [7, 11) is 1.62. The highest BCUT2D eigenvalue weighted by Gasteiger charge is 2.40. The molecule has 2 aliphatic heterocycles. The van der Waals surface area contributed by atoms with Crippen LogP contribution in [-0.4, -0.2) is 30.5 Å². The van der Waals surface area contributed by atoms with E-state index in [4.69, 9.17) is 4.74 Å². The molecule has 1 fully saturated rings. The van der Waals surface area contributed by atoms with Gasteiger partial charge < -0.3 is 9.64 Å². The molecule has 2 aliphatic rings. The van der Waals surface area contributed by atoms with Crippen molar-refractivity contribution in [2.24, 2.45) is 0 Å². The standard InChI is InChI=1S/C22H21N3O2S/c1-27-20-10-6-5-9-17(20)18-11-21(26)25-14-24(13-16-7-3-2-4-8-16)15-28-22(25)19(18)12-23/h2-10,18H,11,13-15H2,1H3/p+1/t18-/m1/s1. The van der Waals surface area contributed by atoms with E-state index in [0.29, 0.717) is 18.7 Å². The van der Waals surface area contributed by atoms with Crippen molar-refractivity contribution in [3.05, 3.63) is 76.3 Å². The number of carbonyl (C=O) groups excluding carboxylic acids is 1. The van der Waals surface area contributed by atoms with Gasteiger partial charge in [-0.1, -0.05) is 48.5 Å². The molecule has 2 aromatic carbocycles. The first kappa shape index (κ1) is 18.6. The lowest BCUT2D eigenvalue weighted by atomic mass is 9.86. The first-order chi connectivity index (χ1) is 13.7. The third-order valence-corrected chi connectivity index (χ3v) is 6.50. The third-order valence-electron chi connectivity index (χ3n) is 5.23.